The van der Waals surface area contributed by atoms with E-state index >= 15 is 0 Å². The number of hydrogen-bond acceptors (Lipinski definition) is 8. The van der Waals surface area contributed by atoms with Crippen LogP contribution >= 0.6 is 23.3 Å². The molecule has 3 heterocycles. The molecule has 1 N–H and O–H groups in total. The maximum atomic E-state index is 12.9. The summed E-state index contributed by atoms with van der Waals surface area (Å²) < 4.78 is 17.5. The Hall–Kier alpha value is -3.37. The standard InChI is InChI=1S/C23H20N4O4S2/c1-13-3-5-14(6-4-13)19-20-21(33-26-19)22(29)27(2)23(25-20)32-12-18(28)24-15-7-8-16-17(11-15)31-10-9-30-16/h3-8,11H,9-10,12H2,1-2H3,(H,24,28). The van der Waals surface area contributed by atoms with Gasteiger partial charge in [-0.15, -0.1) is 0 Å². The van der Waals surface area contributed by atoms with E-state index in [2.05, 4.69) is 14.7 Å². The van der Waals surface area contributed by atoms with Crippen LogP contribution in [-0.4, -0.2) is 38.8 Å². The normalized spacial score (nSPS) is 12.7. The van der Waals surface area contributed by atoms with Crippen molar-refractivity contribution >= 4 is 45.1 Å². The molecule has 1 aliphatic heterocycles. The second-order valence-electron chi connectivity index (χ2n) is 7.53. The Morgan fingerprint density at radius 2 is 1.91 bits per heavy atom. The number of benzene rings is 2. The number of ether oxygens (including phenoxy) is 2. The van der Waals surface area contributed by atoms with E-state index in [-0.39, 0.29) is 17.2 Å². The summed E-state index contributed by atoms with van der Waals surface area (Å²) in [6.07, 6.45) is 0. The average molecular weight is 481 g/mol. The van der Waals surface area contributed by atoms with Crippen LogP contribution in [0.1, 0.15) is 5.56 Å². The van der Waals surface area contributed by atoms with Crippen molar-refractivity contribution in [3.63, 3.8) is 0 Å². The fourth-order valence-corrected chi connectivity index (χ4v) is 5.00. The summed E-state index contributed by atoms with van der Waals surface area (Å²) in [5, 5.41) is 3.31. The second-order valence-corrected chi connectivity index (χ2v) is 9.24. The zero-order chi connectivity index (χ0) is 22.9. The molecule has 1 amide bonds. The Labute approximate surface area is 197 Å². The van der Waals surface area contributed by atoms with Gasteiger partial charge in [0.25, 0.3) is 5.56 Å². The molecule has 0 fully saturated rings. The Balaban J connectivity index is 1.35. The SMILES string of the molecule is Cc1ccc(-c2nsc3c(=O)n(C)c(SCC(=O)Nc4ccc5c(c4)OCCO5)nc23)cc1. The number of aryl methyl sites for hydroxylation is 1. The maximum absolute atomic E-state index is 12.9. The van der Waals surface area contributed by atoms with E-state index < -0.39 is 0 Å². The van der Waals surface area contributed by atoms with Crippen molar-refractivity contribution in [1.82, 2.24) is 13.9 Å². The van der Waals surface area contributed by atoms with Crippen LogP contribution in [0.15, 0.2) is 52.4 Å². The molecule has 0 aliphatic carbocycles. The first-order valence-electron chi connectivity index (χ1n) is 10.3. The number of aromatic nitrogens is 3. The van der Waals surface area contributed by atoms with E-state index in [1.807, 2.05) is 31.2 Å². The molecule has 8 nitrogen and oxygen atoms in total. The minimum absolute atomic E-state index is 0.0949. The van der Waals surface area contributed by atoms with Crippen LogP contribution < -0.4 is 20.3 Å². The van der Waals surface area contributed by atoms with Crippen molar-refractivity contribution < 1.29 is 14.3 Å². The first-order valence-corrected chi connectivity index (χ1v) is 12.0. The molecule has 0 radical (unpaired) electrons. The molecule has 0 unspecified atom stereocenters. The first kappa shape index (κ1) is 21.5. The summed E-state index contributed by atoms with van der Waals surface area (Å²) in [4.78, 5) is 30.1. The van der Waals surface area contributed by atoms with Gasteiger partial charge >= 0.3 is 0 Å². The summed E-state index contributed by atoms with van der Waals surface area (Å²) in [6.45, 7) is 3.00. The topological polar surface area (TPSA) is 95.3 Å². The lowest BCUT2D eigenvalue weighted by Crippen LogP contribution is -2.21. The molecule has 2 aromatic carbocycles. The number of amides is 1. The van der Waals surface area contributed by atoms with E-state index in [1.165, 1.54) is 16.3 Å². The van der Waals surface area contributed by atoms with Crippen molar-refractivity contribution in [3.05, 3.63) is 58.4 Å². The number of carbonyl (C=O) groups excluding carboxylic acids is 1. The molecule has 0 spiro atoms. The lowest BCUT2D eigenvalue weighted by Gasteiger charge is -2.19. The predicted octanol–water partition coefficient (Wildman–Crippen LogP) is 3.87. The number of anilines is 1. The Bertz CT molecular complexity index is 1410. The quantitative estimate of drug-likeness (QED) is 0.342. The molecule has 33 heavy (non-hydrogen) atoms. The van der Waals surface area contributed by atoms with Crippen molar-refractivity contribution in [2.45, 2.75) is 12.1 Å². The molecule has 5 rings (SSSR count). The molecule has 168 valence electrons. The van der Waals surface area contributed by atoms with E-state index in [9.17, 15) is 9.59 Å². The summed E-state index contributed by atoms with van der Waals surface area (Å²) in [5.41, 5.74) is 3.72. The lowest BCUT2D eigenvalue weighted by molar-refractivity contribution is -0.113. The molecule has 2 aromatic heterocycles. The van der Waals surface area contributed by atoms with E-state index in [0.29, 0.717) is 51.5 Å². The van der Waals surface area contributed by atoms with Crippen molar-refractivity contribution in [3.8, 4) is 22.8 Å². The van der Waals surface area contributed by atoms with Gasteiger partial charge in [-0.25, -0.2) is 4.98 Å². The molecule has 0 saturated heterocycles. The number of nitrogens with zero attached hydrogens (tertiary/aromatic N) is 3. The van der Waals surface area contributed by atoms with E-state index in [0.717, 1.165) is 22.7 Å². The molecular formula is C23H20N4O4S2. The van der Waals surface area contributed by atoms with Crippen molar-refractivity contribution in [2.24, 2.45) is 7.05 Å². The van der Waals surface area contributed by atoms with Crippen molar-refractivity contribution in [2.75, 3.05) is 24.3 Å². The van der Waals surface area contributed by atoms with Crippen LogP contribution in [0.2, 0.25) is 0 Å². The smallest absolute Gasteiger partial charge is 0.273 e. The van der Waals surface area contributed by atoms with Gasteiger partial charge in [-0.3, -0.25) is 14.2 Å². The largest absolute Gasteiger partial charge is 0.486 e. The zero-order valence-corrected chi connectivity index (χ0v) is 19.6. The Morgan fingerprint density at radius 1 is 1.15 bits per heavy atom. The highest BCUT2D eigenvalue weighted by molar-refractivity contribution is 7.99. The fourth-order valence-electron chi connectivity index (χ4n) is 3.42. The number of rotatable bonds is 5. The third kappa shape index (κ3) is 4.31. The number of fused-ring (bicyclic) bond motifs is 2. The van der Waals surface area contributed by atoms with Gasteiger partial charge in [0.15, 0.2) is 16.7 Å². The number of carbonyl (C=O) groups is 1. The highest BCUT2D eigenvalue weighted by Crippen LogP contribution is 2.33. The van der Waals surface area contributed by atoms with Crippen LogP contribution in [0, 0.1) is 6.92 Å². The van der Waals surface area contributed by atoms with Crippen LogP contribution in [0.5, 0.6) is 11.5 Å². The van der Waals surface area contributed by atoms with E-state index in [4.69, 9.17) is 9.47 Å². The number of hydrogen-bond donors (Lipinski definition) is 1. The molecule has 0 saturated carbocycles. The third-order valence-corrected chi connectivity index (χ3v) is 7.00. The van der Waals surface area contributed by atoms with Gasteiger partial charge in [0.1, 0.15) is 29.1 Å². The Morgan fingerprint density at radius 3 is 2.70 bits per heavy atom. The minimum atomic E-state index is -0.215. The third-order valence-electron chi connectivity index (χ3n) is 5.14. The number of thioether (sulfide) groups is 1. The van der Waals surface area contributed by atoms with Gasteiger partial charge < -0.3 is 14.8 Å². The zero-order valence-electron chi connectivity index (χ0n) is 18.0. The molecule has 0 atom stereocenters. The van der Waals surface area contributed by atoms with Gasteiger partial charge in [-0.2, -0.15) is 4.37 Å². The molecule has 1 aliphatic rings. The van der Waals surface area contributed by atoms with Crippen molar-refractivity contribution in [1.29, 1.82) is 0 Å². The van der Waals surface area contributed by atoms with Crippen LogP contribution in [-0.2, 0) is 11.8 Å². The van der Waals surface area contributed by atoms with Crippen LogP contribution in [0.4, 0.5) is 5.69 Å². The number of nitrogens with one attached hydrogen (secondary N) is 1. The van der Waals surface area contributed by atoms with Crippen LogP contribution in [0.25, 0.3) is 21.5 Å². The highest BCUT2D eigenvalue weighted by atomic mass is 32.2. The van der Waals surface area contributed by atoms with Crippen LogP contribution in [0.3, 0.4) is 0 Å². The summed E-state index contributed by atoms with van der Waals surface area (Å²) >= 11 is 2.35. The summed E-state index contributed by atoms with van der Waals surface area (Å²) in [5.74, 6) is 1.15. The van der Waals surface area contributed by atoms with Gasteiger partial charge in [0, 0.05) is 24.4 Å². The average Bonchev–Trinajstić information content (AvgIpc) is 3.25. The lowest BCUT2D eigenvalue weighted by atomic mass is 10.1. The Kier molecular flexibility index (Phi) is 5.77. The van der Waals surface area contributed by atoms with E-state index in [1.54, 1.807) is 25.2 Å². The monoisotopic (exact) mass is 480 g/mol. The summed E-state index contributed by atoms with van der Waals surface area (Å²) in [6, 6.07) is 13.2. The molecule has 0 bridgehead atoms. The highest BCUT2D eigenvalue weighted by Gasteiger charge is 2.18. The molecule has 4 aromatic rings. The molecule has 10 heteroatoms. The second kappa shape index (κ2) is 8.87. The summed E-state index contributed by atoms with van der Waals surface area (Å²) in [7, 11) is 1.65. The minimum Gasteiger partial charge on any atom is -0.486 e. The van der Waals surface area contributed by atoms with Gasteiger partial charge in [0.05, 0.1) is 5.75 Å². The van der Waals surface area contributed by atoms with Gasteiger partial charge in [0.2, 0.25) is 5.91 Å². The van der Waals surface area contributed by atoms with Gasteiger partial charge in [-0.05, 0) is 30.6 Å². The maximum Gasteiger partial charge on any atom is 0.273 e. The predicted molar refractivity (Wildman–Crippen MR) is 130 cm³/mol. The fraction of sp³-hybridized carbons (Fsp3) is 0.217. The molecular weight excluding hydrogens is 460 g/mol. The van der Waals surface area contributed by atoms with Gasteiger partial charge in [-0.1, -0.05) is 41.6 Å². The first-order chi connectivity index (χ1) is 16.0.